The van der Waals surface area contributed by atoms with Crippen LogP contribution in [0.4, 0.5) is 0 Å². The molecule has 0 radical (unpaired) electrons. The van der Waals surface area contributed by atoms with Gasteiger partial charge in [-0.25, -0.2) is 13.9 Å². The Balaban J connectivity index is 3.29. The minimum Gasteiger partial charge on any atom is -0.497 e. The summed E-state index contributed by atoms with van der Waals surface area (Å²) in [6, 6.07) is 4.86. The van der Waals surface area contributed by atoms with Crippen molar-refractivity contribution < 1.29 is 37.9 Å². The zero-order valence-electron chi connectivity index (χ0n) is 20.3. The first-order valence-corrected chi connectivity index (χ1v) is 12.4. The maximum atomic E-state index is 13.3. The number of hydrogen-bond donors (Lipinski definition) is 5. The van der Waals surface area contributed by atoms with E-state index in [1.807, 2.05) is 0 Å². The standard InChI is InChI=1S/C22H35N3O8S/c1-13(2)11-16(17(26)20(28)25-30)19(27)24-18(21(29)23-5)22(3,4)34(31,32)12-14-7-9-15(33-6)10-8-14/h7-10,13,16-18,26,30H,11-12H2,1-6H3,(H,23,29)(H,24,27)(H,25,28). The van der Waals surface area contributed by atoms with E-state index in [-0.39, 0.29) is 12.3 Å². The zero-order valence-corrected chi connectivity index (χ0v) is 21.1. The molecule has 3 unspecified atom stereocenters. The summed E-state index contributed by atoms with van der Waals surface area (Å²) >= 11 is 0. The van der Waals surface area contributed by atoms with Crippen LogP contribution in [0.25, 0.3) is 0 Å². The Labute approximate surface area is 200 Å². The van der Waals surface area contributed by atoms with Gasteiger partial charge in [-0.1, -0.05) is 26.0 Å². The number of nitrogens with one attached hydrogen (secondary N) is 3. The lowest BCUT2D eigenvalue weighted by molar-refractivity contribution is -0.147. The molecule has 0 aliphatic rings. The third-order valence-corrected chi connectivity index (χ3v) is 8.18. The predicted molar refractivity (Wildman–Crippen MR) is 125 cm³/mol. The minimum atomic E-state index is -4.02. The minimum absolute atomic E-state index is 0.0416. The van der Waals surface area contributed by atoms with Crippen molar-refractivity contribution in [2.24, 2.45) is 11.8 Å². The fourth-order valence-corrected chi connectivity index (χ4v) is 4.92. The normalized spacial score (nSPS) is 14.6. The summed E-state index contributed by atoms with van der Waals surface area (Å²) in [5, 5.41) is 23.9. The molecule has 0 spiro atoms. The van der Waals surface area contributed by atoms with E-state index in [1.54, 1.807) is 38.1 Å². The lowest BCUT2D eigenvalue weighted by Gasteiger charge is -2.34. The summed E-state index contributed by atoms with van der Waals surface area (Å²) in [5.41, 5.74) is 1.76. The second-order valence-electron chi connectivity index (χ2n) is 8.92. The Hall–Kier alpha value is -2.70. The van der Waals surface area contributed by atoms with Gasteiger partial charge in [-0.2, -0.15) is 0 Å². The number of rotatable bonds is 12. The highest BCUT2D eigenvalue weighted by Crippen LogP contribution is 2.27. The van der Waals surface area contributed by atoms with Crippen molar-refractivity contribution >= 4 is 27.6 Å². The second kappa shape index (κ2) is 12.1. The molecule has 0 aliphatic carbocycles. The number of carbonyl (C=O) groups excluding carboxylic acids is 3. The number of amides is 3. The quantitative estimate of drug-likeness (QED) is 0.199. The average molecular weight is 502 g/mol. The summed E-state index contributed by atoms with van der Waals surface area (Å²) in [4.78, 5) is 37.5. The fourth-order valence-electron chi connectivity index (χ4n) is 3.39. The van der Waals surface area contributed by atoms with Crippen LogP contribution in [0.3, 0.4) is 0 Å². The molecule has 0 saturated heterocycles. The molecule has 192 valence electrons. The molecular formula is C22H35N3O8S. The first kappa shape index (κ1) is 29.3. The van der Waals surface area contributed by atoms with Crippen LogP contribution in [-0.2, 0) is 30.0 Å². The Morgan fingerprint density at radius 2 is 1.62 bits per heavy atom. The van der Waals surface area contributed by atoms with Crippen LogP contribution < -0.4 is 20.9 Å². The van der Waals surface area contributed by atoms with Crippen molar-refractivity contribution in [3.8, 4) is 5.75 Å². The molecule has 0 aliphatic heterocycles. The highest BCUT2D eigenvalue weighted by Gasteiger charge is 2.47. The molecule has 0 heterocycles. The van der Waals surface area contributed by atoms with Crippen LogP contribution in [0.15, 0.2) is 24.3 Å². The first-order valence-electron chi connectivity index (χ1n) is 10.7. The largest absolute Gasteiger partial charge is 0.497 e. The molecule has 0 fully saturated rings. The summed E-state index contributed by atoms with van der Waals surface area (Å²) in [6.07, 6.45) is -1.86. The van der Waals surface area contributed by atoms with Gasteiger partial charge in [-0.15, -0.1) is 0 Å². The van der Waals surface area contributed by atoms with Gasteiger partial charge in [0.15, 0.2) is 9.84 Å². The lowest BCUT2D eigenvalue weighted by atomic mass is 9.90. The number of likely N-dealkylation sites (N-methyl/N-ethyl adjacent to an activating group) is 1. The summed E-state index contributed by atoms with van der Waals surface area (Å²) in [5.74, 6) is -4.17. The van der Waals surface area contributed by atoms with E-state index < -0.39 is 56.1 Å². The fraction of sp³-hybridized carbons (Fsp3) is 0.591. The molecule has 1 aromatic carbocycles. The maximum absolute atomic E-state index is 13.3. The third kappa shape index (κ3) is 7.15. The van der Waals surface area contributed by atoms with Gasteiger partial charge >= 0.3 is 0 Å². The van der Waals surface area contributed by atoms with E-state index in [0.717, 1.165) is 0 Å². The number of sulfone groups is 1. The van der Waals surface area contributed by atoms with Crippen molar-refractivity contribution in [2.75, 3.05) is 14.2 Å². The smallest absolute Gasteiger partial charge is 0.272 e. The molecule has 11 nitrogen and oxygen atoms in total. The van der Waals surface area contributed by atoms with Crippen molar-refractivity contribution in [1.29, 1.82) is 0 Å². The van der Waals surface area contributed by atoms with Gasteiger partial charge in [-0.05, 0) is 43.9 Å². The summed E-state index contributed by atoms with van der Waals surface area (Å²) in [6.45, 7) is 6.15. The molecule has 3 atom stereocenters. The van der Waals surface area contributed by atoms with Gasteiger partial charge in [0.1, 0.15) is 17.9 Å². The van der Waals surface area contributed by atoms with E-state index >= 15 is 0 Å². The number of benzene rings is 1. The van der Waals surface area contributed by atoms with Crippen LogP contribution in [0.2, 0.25) is 0 Å². The van der Waals surface area contributed by atoms with Gasteiger partial charge < -0.3 is 20.5 Å². The number of hydrogen-bond acceptors (Lipinski definition) is 8. The average Bonchev–Trinajstić information content (AvgIpc) is 2.79. The number of methoxy groups -OCH3 is 1. The van der Waals surface area contributed by atoms with Gasteiger partial charge in [0.2, 0.25) is 11.8 Å². The monoisotopic (exact) mass is 501 g/mol. The molecule has 0 saturated carbocycles. The van der Waals surface area contributed by atoms with E-state index in [2.05, 4.69) is 10.6 Å². The van der Waals surface area contributed by atoms with Crippen molar-refractivity contribution in [3.05, 3.63) is 29.8 Å². The number of hydroxylamine groups is 1. The number of aliphatic hydroxyl groups excluding tert-OH is 1. The zero-order chi connectivity index (χ0) is 26.3. The Bertz CT molecular complexity index is 961. The molecule has 0 aromatic heterocycles. The second-order valence-corrected chi connectivity index (χ2v) is 11.5. The molecule has 0 bridgehead atoms. The van der Waals surface area contributed by atoms with E-state index in [1.165, 1.54) is 33.5 Å². The van der Waals surface area contributed by atoms with Crippen molar-refractivity contribution in [3.63, 3.8) is 0 Å². The molecule has 12 heteroatoms. The topological polar surface area (TPSA) is 171 Å². The first-order chi connectivity index (χ1) is 15.7. The van der Waals surface area contributed by atoms with Crippen molar-refractivity contribution in [1.82, 2.24) is 16.1 Å². The van der Waals surface area contributed by atoms with Crippen LogP contribution in [0, 0.1) is 11.8 Å². The molecular weight excluding hydrogens is 466 g/mol. The van der Waals surface area contributed by atoms with Crippen LogP contribution in [-0.4, -0.2) is 67.5 Å². The van der Waals surface area contributed by atoms with Crippen LogP contribution in [0.1, 0.15) is 39.7 Å². The molecule has 5 N–H and O–H groups in total. The lowest BCUT2D eigenvalue weighted by Crippen LogP contribution is -2.62. The number of ether oxygens (including phenoxy) is 1. The molecule has 1 rings (SSSR count). The highest BCUT2D eigenvalue weighted by molar-refractivity contribution is 7.92. The number of carbonyl (C=O) groups is 3. The summed E-state index contributed by atoms with van der Waals surface area (Å²) < 4.78 is 30.0. The highest BCUT2D eigenvalue weighted by atomic mass is 32.2. The molecule has 3 amide bonds. The van der Waals surface area contributed by atoms with Gasteiger partial charge in [0, 0.05) is 7.05 Å². The SMILES string of the molecule is CNC(=O)C(NC(=O)C(CC(C)C)C(O)C(=O)NO)C(C)(C)S(=O)(=O)Cc1ccc(OC)cc1. The van der Waals surface area contributed by atoms with E-state index in [4.69, 9.17) is 9.94 Å². The Kier molecular flexibility index (Phi) is 10.5. The predicted octanol–water partition coefficient (Wildman–Crippen LogP) is 0.148. The maximum Gasteiger partial charge on any atom is 0.272 e. The van der Waals surface area contributed by atoms with Crippen molar-refractivity contribution in [2.45, 2.75) is 56.8 Å². The van der Waals surface area contributed by atoms with Crippen LogP contribution >= 0.6 is 0 Å². The van der Waals surface area contributed by atoms with Gasteiger partial charge in [0.05, 0.1) is 23.5 Å². The Morgan fingerprint density at radius 1 is 1.06 bits per heavy atom. The third-order valence-electron chi connectivity index (χ3n) is 5.63. The van der Waals surface area contributed by atoms with Crippen LogP contribution in [0.5, 0.6) is 5.75 Å². The summed E-state index contributed by atoms with van der Waals surface area (Å²) in [7, 11) is -1.24. The number of aliphatic hydroxyl groups is 1. The Morgan fingerprint density at radius 3 is 2.06 bits per heavy atom. The van der Waals surface area contributed by atoms with Gasteiger partial charge in [-0.3, -0.25) is 19.6 Å². The molecule has 34 heavy (non-hydrogen) atoms. The van der Waals surface area contributed by atoms with E-state index in [0.29, 0.717) is 11.3 Å². The molecule has 1 aromatic rings. The van der Waals surface area contributed by atoms with E-state index in [9.17, 15) is 27.9 Å². The van der Waals surface area contributed by atoms with Gasteiger partial charge in [0.25, 0.3) is 5.91 Å².